The number of likely N-dealkylation sites (N-methyl/N-ethyl adjacent to an activating group) is 1. The van der Waals surface area contributed by atoms with E-state index >= 15 is 0 Å². The van der Waals surface area contributed by atoms with Gasteiger partial charge in [0.25, 0.3) is 0 Å². The number of aromatic nitrogens is 1. The Morgan fingerprint density at radius 2 is 1.83 bits per heavy atom. The molecule has 1 aliphatic rings. The monoisotopic (exact) mass is 414 g/mol. The van der Waals surface area contributed by atoms with Crippen LogP contribution in [0.4, 0.5) is 0 Å². The predicted octanol–water partition coefficient (Wildman–Crippen LogP) is 2.50. The Kier molecular flexibility index (Phi) is 8.46. The topological polar surface area (TPSA) is 55.8 Å². The number of rotatable bonds is 8. The number of nitrogens with zero attached hydrogens (tertiary/aromatic N) is 4. The third kappa shape index (κ3) is 7.42. The normalized spacial score (nSPS) is 16.2. The van der Waals surface area contributed by atoms with Crippen molar-refractivity contribution >= 4 is 17.3 Å². The second-order valence-corrected chi connectivity index (χ2v) is 8.95. The van der Waals surface area contributed by atoms with Crippen LogP contribution in [0, 0.1) is 6.92 Å². The van der Waals surface area contributed by atoms with Crippen LogP contribution in [0.25, 0.3) is 0 Å². The number of thiazole rings is 1. The molecule has 0 unspecified atom stereocenters. The second kappa shape index (κ2) is 11.3. The molecule has 29 heavy (non-hydrogen) atoms. The molecule has 0 radical (unpaired) electrons. The molecule has 2 heterocycles. The molecule has 1 aliphatic heterocycles. The number of guanidine groups is 1. The van der Waals surface area contributed by atoms with E-state index in [0.29, 0.717) is 6.54 Å². The van der Waals surface area contributed by atoms with Gasteiger partial charge in [-0.05, 0) is 32.0 Å². The van der Waals surface area contributed by atoms with E-state index in [2.05, 4.69) is 70.6 Å². The zero-order chi connectivity index (χ0) is 20.5. The maximum atomic E-state index is 4.74. The first-order valence-electron chi connectivity index (χ1n) is 10.5. The minimum absolute atomic E-state index is 0.681. The molecule has 1 saturated heterocycles. The van der Waals surface area contributed by atoms with Crippen LogP contribution in [0.1, 0.15) is 27.9 Å². The van der Waals surface area contributed by atoms with Gasteiger partial charge in [0.05, 0.1) is 11.6 Å². The summed E-state index contributed by atoms with van der Waals surface area (Å²) in [5.74, 6) is 0.863. The number of aliphatic imine (C=N–C) groups is 1. The smallest absolute Gasteiger partial charge is 0.191 e. The van der Waals surface area contributed by atoms with Crippen molar-refractivity contribution in [2.75, 3.05) is 46.3 Å². The molecule has 158 valence electrons. The van der Waals surface area contributed by atoms with Crippen LogP contribution in [0.15, 0.2) is 35.5 Å². The molecule has 1 fully saturated rings. The van der Waals surface area contributed by atoms with Crippen molar-refractivity contribution < 1.29 is 0 Å². The summed E-state index contributed by atoms with van der Waals surface area (Å²) >= 11 is 1.76. The summed E-state index contributed by atoms with van der Waals surface area (Å²) in [4.78, 5) is 15.3. The van der Waals surface area contributed by atoms with Gasteiger partial charge in [-0.15, -0.1) is 11.3 Å². The molecule has 0 saturated carbocycles. The lowest BCUT2D eigenvalue weighted by molar-refractivity contribution is 0.148. The lowest BCUT2D eigenvalue weighted by Gasteiger charge is -2.32. The summed E-state index contributed by atoms with van der Waals surface area (Å²) in [5.41, 5.74) is 2.62. The van der Waals surface area contributed by atoms with Crippen molar-refractivity contribution in [3.63, 3.8) is 0 Å². The zero-order valence-corrected chi connectivity index (χ0v) is 18.8. The number of benzene rings is 1. The van der Waals surface area contributed by atoms with Crippen LogP contribution in [0.5, 0.6) is 0 Å². The van der Waals surface area contributed by atoms with Crippen LogP contribution in [0.3, 0.4) is 0 Å². The molecule has 0 aliphatic carbocycles. The van der Waals surface area contributed by atoms with Crippen molar-refractivity contribution in [2.45, 2.75) is 33.4 Å². The first kappa shape index (κ1) is 21.7. The van der Waals surface area contributed by atoms with E-state index in [0.717, 1.165) is 58.2 Å². The van der Waals surface area contributed by atoms with Gasteiger partial charge in [0.2, 0.25) is 0 Å². The SMILES string of the molecule is CCNC(=NCc1ccc(CN2CCN(C)CC2)cc1)NCCc1ncc(C)s1. The fourth-order valence-electron chi connectivity index (χ4n) is 3.33. The quantitative estimate of drug-likeness (QED) is 0.513. The Bertz CT molecular complexity index is 762. The van der Waals surface area contributed by atoms with Gasteiger partial charge in [-0.3, -0.25) is 4.90 Å². The Balaban J connectivity index is 1.46. The first-order valence-corrected chi connectivity index (χ1v) is 11.4. The highest BCUT2D eigenvalue weighted by Gasteiger charge is 2.13. The lowest BCUT2D eigenvalue weighted by Crippen LogP contribution is -2.43. The van der Waals surface area contributed by atoms with Crippen LogP contribution < -0.4 is 10.6 Å². The van der Waals surface area contributed by atoms with Gasteiger partial charge in [0, 0.05) is 63.3 Å². The number of hydrogen-bond acceptors (Lipinski definition) is 5. The minimum atomic E-state index is 0.681. The molecule has 2 N–H and O–H groups in total. The molecule has 1 aromatic heterocycles. The Morgan fingerprint density at radius 3 is 2.48 bits per heavy atom. The van der Waals surface area contributed by atoms with Crippen molar-refractivity contribution in [3.8, 4) is 0 Å². The van der Waals surface area contributed by atoms with Gasteiger partial charge in [0.15, 0.2) is 5.96 Å². The molecule has 0 atom stereocenters. The van der Waals surface area contributed by atoms with E-state index in [9.17, 15) is 0 Å². The van der Waals surface area contributed by atoms with Crippen LogP contribution in [0.2, 0.25) is 0 Å². The van der Waals surface area contributed by atoms with Crippen LogP contribution in [-0.4, -0.2) is 67.1 Å². The van der Waals surface area contributed by atoms with Gasteiger partial charge in [0.1, 0.15) is 0 Å². The summed E-state index contributed by atoms with van der Waals surface area (Å²) in [7, 11) is 2.20. The molecular formula is C22H34N6S. The molecule has 6 nitrogen and oxygen atoms in total. The standard InChI is InChI=1S/C22H34N6S/c1-4-23-22(24-10-9-21-25-15-18(2)29-21)26-16-19-5-7-20(8-6-19)17-28-13-11-27(3)12-14-28/h5-8,15H,4,9-14,16-17H2,1-3H3,(H2,23,24,26). The highest BCUT2D eigenvalue weighted by molar-refractivity contribution is 7.11. The van der Waals surface area contributed by atoms with E-state index < -0.39 is 0 Å². The third-order valence-electron chi connectivity index (χ3n) is 5.09. The summed E-state index contributed by atoms with van der Waals surface area (Å²) < 4.78 is 0. The van der Waals surface area contributed by atoms with E-state index in [1.807, 2.05) is 6.20 Å². The maximum absolute atomic E-state index is 4.74. The molecule has 7 heteroatoms. The van der Waals surface area contributed by atoms with E-state index in [-0.39, 0.29) is 0 Å². The van der Waals surface area contributed by atoms with E-state index in [4.69, 9.17) is 4.99 Å². The van der Waals surface area contributed by atoms with Gasteiger partial charge >= 0.3 is 0 Å². The fraction of sp³-hybridized carbons (Fsp3) is 0.545. The Hall–Kier alpha value is -1.96. The predicted molar refractivity (Wildman–Crippen MR) is 123 cm³/mol. The summed E-state index contributed by atoms with van der Waals surface area (Å²) in [6, 6.07) is 8.90. The van der Waals surface area contributed by atoms with E-state index in [1.54, 1.807) is 11.3 Å². The van der Waals surface area contributed by atoms with Crippen molar-refractivity contribution in [1.82, 2.24) is 25.4 Å². The lowest BCUT2D eigenvalue weighted by atomic mass is 10.1. The van der Waals surface area contributed by atoms with Crippen molar-refractivity contribution in [1.29, 1.82) is 0 Å². The Morgan fingerprint density at radius 1 is 1.10 bits per heavy atom. The third-order valence-corrected chi connectivity index (χ3v) is 6.06. The van der Waals surface area contributed by atoms with Crippen LogP contribution >= 0.6 is 11.3 Å². The molecule has 1 aromatic carbocycles. The summed E-state index contributed by atoms with van der Waals surface area (Å²) in [6.07, 6.45) is 2.86. The average molecular weight is 415 g/mol. The number of hydrogen-bond donors (Lipinski definition) is 2. The first-order chi connectivity index (χ1) is 14.1. The highest BCUT2D eigenvalue weighted by Crippen LogP contribution is 2.12. The Labute approximate surface area is 179 Å². The molecule has 0 spiro atoms. The number of piperazine rings is 1. The van der Waals surface area contributed by atoms with Gasteiger partial charge in [-0.25, -0.2) is 9.98 Å². The molecule has 3 rings (SSSR count). The van der Waals surface area contributed by atoms with Crippen molar-refractivity contribution in [2.24, 2.45) is 4.99 Å². The van der Waals surface area contributed by atoms with Gasteiger partial charge in [-0.2, -0.15) is 0 Å². The van der Waals surface area contributed by atoms with E-state index in [1.165, 1.54) is 21.0 Å². The summed E-state index contributed by atoms with van der Waals surface area (Å²) in [5, 5.41) is 7.91. The molecule has 0 amide bonds. The van der Waals surface area contributed by atoms with Gasteiger partial charge in [-0.1, -0.05) is 24.3 Å². The number of nitrogens with one attached hydrogen (secondary N) is 2. The largest absolute Gasteiger partial charge is 0.357 e. The van der Waals surface area contributed by atoms with Gasteiger partial charge < -0.3 is 15.5 Å². The molecule has 2 aromatic rings. The summed E-state index contributed by atoms with van der Waals surface area (Å²) in [6.45, 7) is 12.2. The van der Waals surface area contributed by atoms with Crippen LogP contribution in [-0.2, 0) is 19.5 Å². The minimum Gasteiger partial charge on any atom is -0.357 e. The fourth-order valence-corrected chi connectivity index (χ4v) is 4.12. The highest BCUT2D eigenvalue weighted by atomic mass is 32.1. The zero-order valence-electron chi connectivity index (χ0n) is 17.9. The molecule has 0 bridgehead atoms. The average Bonchev–Trinajstić information content (AvgIpc) is 3.14. The van der Waals surface area contributed by atoms with Crippen molar-refractivity contribution in [3.05, 3.63) is 51.5 Å². The molecular weight excluding hydrogens is 380 g/mol. The second-order valence-electron chi connectivity index (χ2n) is 7.63. The maximum Gasteiger partial charge on any atom is 0.191 e. The number of aryl methyl sites for hydroxylation is 1.